The van der Waals surface area contributed by atoms with Crippen molar-refractivity contribution >= 4 is 5.91 Å². The molecule has 0 spiro atoms. The number of aromatic nitrogens is 3. The average Bonchev–Trinajstić information content (AvgIpc) is 3.46. The number of methoxy groups -OCH3 is 2. The highest BCUT2D eigenvalue weighted by Crippen LogP contribution is 2.33. The maximum Gasteiger partial charge on any atom is 0.276 e. The van der Waals surface area contributed by atoms with Gasteiger partial charge in [-0.15, -0.1) is 5.10 Å². The van der Waals surface area contributed by atoms with Gasteiger partial charge < -0.3 is 14.4 Å². The number of nitrogens with zero attached hydrogens (tertiary/aromatic N) is 5. The Kier molecular flexibility index (Phi) is 6.22. The predicted molar refractivity (Wildman–Crippen MR) is 113 cm³/mol. The van der Waals surface area contributed by atoms with Crippen LogP contribution in [0.3, 0.4) is 0 Å². The number of rotatable bonds is 6. The Hall–Kier alpha value is -2.61. The van der Waals surface area contributed by atoms with Crippen LogP contribution in [0.25, 0.3) is 0 Å². The van der Waals surface area contributed by atoms with Crippen LogP contribution in [-0.4, -0.2) is 71.1 Å². The highest BCUT2D eigenvalue weighted by Gasteiger charge is 2.26. The van der Waals surface area contributed by atoms with E-state index in [4.69, 9.17) is 9.47 Å². The van der Waals surface area contributed by atoms with Gasteiger partial charge in [-0.2, -0.15) is 0 Å². The van der Waals surface area contributed by atoms with Crippen LogP contribution in [0, 0.1) is 6.92 Å². The first-order valence-corrected chi connectivity index (χ1v) is 10.7. The predicted octanol–water partition coefficient (Wildman–Crippen LogP) is 2.68. The van der Waals surface area contributed by atoms with E-state index < -0.39 is 0 Å². The molecule has 1 aromatic heterocycles. The number of amides is 1. The zero-order valence-electron chi connectivity index (χ0n) is 18.1. The molecule has 3 heterocycles. The molecule has 30 heavy (non-hydrogen) atoms. The van der Waals surface area contributed by atoms with Gasteiger partial charge in [0.05, 0.1) is 26.5 Å². The first-order valence-electron chi connectivity index (χ1n) is 10.7. The van der Waals surface area contributed by atoms with Gasteiger partial charge in [0.15, 0.2) is 5.69 Å². The molecule has 2 fully saturated rings. The average molecular weight is 414 g/mol. The van der Waals surface area contributed by atoms with Gasteiger partial charge in [0, 0.05) is 37.3 Å². The SMILES string of the molecule is COc1ccc(CN2CCCC(n3cc(C(=O)N4CCCC4)nn3)C2)c(OC)c1C. The lowest BCUT2D eigenvalue weighted by Crippen LogP contribution is -2.36. The molecule has 1 atom stereocenters. The summed E-state index contributed by atoms with van der Waals surface area (Å²) in [5.74, 6) is 1.73. The van der Waals surface area contributed by atoms with Crippen LogP contribution in [0.5, 0.6) is 11.5 Å². The molecular formula is C22H31N5O3. The molecular weight excluding hydrogens is 382 g/mol. The first-order chi connectivity index (χ1) is 14.6. The van der Waals surface area contributed by atoms with E-state index in [-0.39, 0.29) is 11.9 Å². The van der Waals surface area contributed by atoms with E-state index in [0.717, 1.165) is 81.0 Å². The lowest BCUT2D eigenvalue weighted by Gasteiger charge is -2.33. The Morgan fingerprint density at radius 2 is 1.93 bits per heavy atom. The van der Waals surface area contributed by atoms with Crippen LogP contribution < -0.4 is 9.47 Å². The molecule has 0 radical (unpaired) electrons. The number of hydrogen-bond acceptors (Lipinski definition) is 6. The molecule has 1 aromatic carbocycles. The van der Waals surface area contributed by atoms with E-state index in [1.807, 2.05) is 28.8 Å². The Morgan fingerprint density at radius 1 is 1.13 bits per heavy atom. The molecule has 162 valence electrons. The number of likely N-dealkylation sites (tertiary alicyclic amines) is 2. The fraction of sp³-hybridized carbons (Fsp3) is 0.591. The molecule has 0 saturated carbocycles. The molecule has 2 saturated heterocycles. The smallest absolute Gasteiger partial charge is 0.276 e. The van der Waals surface area contributed by atoms with Gasteiger partial charge in [0.2, 0.25) is 0 Å². The largest absolute Gasteiger partial charge is 0.496 e. The molecule has 1 amide bonds. The topological polar surface area (TPSA) is 72.7 Å². The third kappa shape index (κ3) is 4.14. The number of benzene rings is 1. The van der Waals surface area contributed by atoms with Gasteiger partial charge >= 0.3 is 0 Å². The Balaban J connectivity index is 1.44. The number of ether oxygens (including phenoxy) is 2. The standard InChI is InChI=1S/C22H31N5O3/c1-16-20(29-2)9-8-17(21(16)30-3)13-25-10-6-7-18(14-25)27-15-19(23-24-27)22(28)26-11-4-5-12-26/h8-9,15,18H,4-7,10-14H2,1-3H3. The second-order valence-corrected chi connectivity index (χ2v) is 8.20. The number of piperidine rings is 1. The van der Waals surface area contributed by atoms with Gasteiger partial charge in [-0.3, -0.25) is 9.69 Å². The number of carbonyl (C=O) groups excluding carboxylic acids is 1. The van der Waals surface area contributed by atoms with E-state index in [1.165, 1.54) is 0 Å². The quantitative estimate of drug-likeness (QED) is 0.725. The summed E-state index contributed by atoms with van der Waals surface area (Å²) in [6.45, 7) is 6.37. The monoisotopic (exact) mass is 413 g/mol. The Bertz CT molecular complexity index is 891. The van der Waals surface area contributed by atoms with Crippen LogP contribution >= 0.6 is 0 Å². The van der Waals surface area contributed by atoms with Crippen LogP contribution in [0.2, 0.25) is 0 Å². The summed E-state index contributed by atoms with van der Waals surface area (Å²) in [6, 6.07) is 4.30. The van der Waals surface area contributed by atoms with E-state index >= 15 is 0 Å². The van der Waals surface area contributed by atoms with Crippen molar-refractivity contribution in [2.75, 3.05) is 40.4 Å². The van der Waals surface area contributed by atoms with Gasteiger partial charge in [-0.05, 0) is 45.2 Å². The molecule has 2 aliphatic heterocycles. The second-order valence-electron chi connectivity index (χ2n) is 8.20. The van der Waals surface area contributed by atoms with Crippen LogP contribution in [-0.2, 0) is 6.54 Å². The maximum atomic E-state index is 12.6. The highest BCUT2D eigenvalue weighted by atomic mass is 16.5. The number of hydrogen-bond donors (Lipinski definition) is 0. The maximum absolute atomic E-state index is 12.6. The summed E-state index contributed by atoms with van der Waals surface area (Å²) in [6.07, 6.45) is 6.10. The summed E-state index contributed by atoms with van der Waals surface area (Å²) in [5.41, 5.74) is 2.63. The molecule has 8 nitrogen and oxygen atoms in total. The van der Waals surface area contributed by atoms with Crippen molar-refractivity contribution in [2.45, 2.75) is 45.2 Å². The fourth-order valence-electron chi connectivity index (χ4n) is 4.63. The zero-order chi connectivity index (χ0) is 21.1. The molecule has 4 rings (SSSR count). The highest BCUT2D eigenvalue weighted by molar-refractivity contribution is 5.92. The van der Waals surface area contributed by atoms with Crippen molar-refractivity contribution in [3.63, 3.8) is 0 Å². The normalized spacial score (nSPS) is 19.8. The first kappa shape index (κ1) is 20.7. The summed E-state index contributed by atoms with van der Waals surface area (Å²) in [4.78, 5) is 16.9. The third-order valence-corrected chi connectivity index (χ3v) is 6.23. The second kappa shape index (κ2) is 9.04. The van der Waals surface area contributed by atoms with Gasteiger partial charge in [-0.1, -0.05) is 11.3 Å². The summed E-state index contributed by atoms with van der Waals surface area (Å²) in [5, 5.41) is 8.47. The Labute approximate surface area is 177 Å². The van der Waals surface area contributed by atoms with Crippen LogP contribution in [0.15, 0.2) is 18.3 Å². The molecule has 8 heteroatoms. The lowest BCUT2D eigenvalue weighted by molar-refractivity contribution is 0.0787. The summed E-state index contributed by atoms with van der Waals surface area (Å²) in [7, 11) is 3.39. The van der Waals surface area contributed by atoms with Crippen molar-refractivity contribution in [1.82, 2.24) is 24.8 Å². The van der Waals surface area contributed by atoms with Crippen molar-refractivity contribution in [1.29, 1.82) is 0 Å². The van der Waals surface area contributed by atoms with Crippen molar-refractivity contribution in [3.05, 3.63) is 35.2 Å². The zero-order valence-corrected chi connectivity index (χ0v) is 18.1. The molecule has 0 bridgehead atoms. The number of carbonyl (C=O) groups is 1. The summed E-state index contributed by atoms with van der Waals surface area (Å²) < 4.78 is 13.0. The molecule has 0 aliphatic carbocycles. The van der Waals surface area contributed by atoms with Crippen LogP contribution in [0.4, 0.5) is 0 Å². The van der Waals surface area contributed by atoms with E-state index in [0.29, 0.717) is 5.69 Å². The minimum atomic E-state index is 0.00450. The molecule has 1 unspecified atom stereocenters. The van der Waals surface area contributed by atoms with Gasteiger partial charge in [0.25, 0.3) is 5.91 Å². The minimum Gasteiger partial charge on any atom is -0.496 e. The molecule has 2 aromatic rings. The summed E-state index contributed by atoms with van der Waals surface area (Å²) >= 11 is 0. The van der Waals surface area contributed by atoms with Crippen LogP contribution in [0.1, 0.15) is 53.3 Å². The van der Waals surface area contributed by atoms with E-state index in [2.05, 4.69) is 21.3 Å². The fourth-order valence-corrected chi connectivity index (χ4v) is 4.63. The minimum absolute atomic E-state index is 0.00450. The van der Waals surface area contributed by atoms with Gasteiger partial charge in [0.1, 0.15) is 11.5 Å². The third-order valence-electron chi connectivity index (χ3n) is 6.23. The van der Waals surface area contributed by atoms with E-state index in [9.17, 15) is 4.79 Å². The lowest BCUT2D eigenvalue weighted by atomic mass is 10.0. The van der Waals surface area contributed by atoms with Crippen molar-refractivity contribution in [3.8, 4) is 11.5 Å². The molecule has 2 aliphatic rings. The van der Waals surface area contributed by atoms with Crippen molar-refractivity contribution in [2.24, 2.45) is 0 Å². The Morgan fingerprint density at radius 3 is 2.67 bits per heavy atom. The van der Waals surface area contributed by atoms with Gasteiger partial charge in [-0.25, -0.2) is 4.68 Å². The van der Waals surface area contributed by atoms with Crippen molar-refractivity contribution < 1.29 is 14.3 Å². The molecule has 0 N–H and O–H groups in total. The van der Waals surface area contributed by atoms with E-state index in [1.54, 1.807) is 14.2 Å².